The van der Waals surface area contributed by atoms with Crippen molar-refractivity contribution >= 4 is 22.9 Å². The van der Waals surface area contributed by atoms with Gasteiger partial charge in [-0.1, -0.05) is 30.1 Å². The molecule has 0 saturated carbocycles. The van der Waals surface area contributed by atoms with Gasteiger partial charge in [0.2, 0.25) is 0 Å². The van der Waals surface area contributed by atoms with Gasteiger partial charge in [0.1, 0.15) is 0 Å². The highest BCUT2D eigenvalue weighted by Crippen LogP contribution is 2.27. The van der Waals surface area contributed by atoms with E-state index in [0.29, 0.717) is 6.04 Å². The van der Waals surface area contributed by atoms with Gasteiger partial charge in [-0.3, -0.25) is 9.71 Å². The minimum absolute atomic E-state index is 0.219. The normalized spacial score (nSPS) is 13.8. The lowest BCUT2D eigenvalue weighted by molar-refractivity contribution is 0.728. The van der Waals surface area contributed by atoms with Crippen molar-refractivity contribution in [3.8, 4) is 0 Å². The number of aromatic nitrogens is 1. The highest BCUT2D eigenvalue weighted by molar-refractivity contribution is 7.98. The fraction of sp³-hybridized carbons (Fsp3) is 0.400. The number of rotatable bonds is 3. The van der Waals surface area contributed by atoms with Gasteiger partial charge >= 0.3 is 0 Å². The maximum Gasteiger partial charge on any atom is 0.0705 e. The van der Waals surface area contributed by atoms with Gasteiger partial charge in [-0.05, 0) is 45.4 Å². The molecule has 0 aliphatic heterocycles. The first-order chi connectivity index (χ1) is 8.47. The van der Waals surface area contributed by atoms with Crippen LogP contribution in [-0.2, 0) is 0 Å². The molecule has 0 aliphatic rings. The van der Waals surface area contributed by atoms with E-state index in [2.05, 4.69) is 61.7 Å². The Balaban J connectivity index is 2.25. The molecule has 1 unspecified atom stereocenters. The Labute approximate surface area is 113 Å². The third kappa shape index (κ3) is 3.24. The van der Waals surface area contributed by atoms with Crippen LogP contribution >= 0.6 is 11.9 Å². The quantitative estimate of drug-likeness (QED) is 0.831. The Bertz CT molecular complexity index is 526. The van der Waals surface area contributed by atoms with Crippen molar-refractivity contribution in [3.05, 3.63) is 42.1 Å². The Hall–Kier alpha value is -1.06. The SMILES string of the molecule is CC(NSC(C)(C)C)c1ccnc2ccccc12. The largest absolute Gasteiger partial charge is 0.256 e. The van der Waals surface area contributed by atoms with Crippen LogP contribution in [0.15, 0.2) is 36.5 Å². The zero-order valence-corrected chi connectivity index (χ0v) is 12.2. The minimum Gasteiger partial charge on any atom is -0.256 e. The molecular weight excluding hydrogens is 240 g/mol. The van der Waals surface area contributed by atoms with Crippen molar-refractivity contribution in [1.82, 2.24) is 9.71 Å². The second kappa shape index (κ2) is 5.29. The van der Waals surface area contributed by atoms with Crippen molar-refractivity contribution < 1.29 is 0 Å². The summed E-state index contributed by atoms with van der Waals surface area (Å²) in [7, 11) is 0. The van der Waals surface area contributed by atoms with E-state index in [-0.39, 0.29) is 4.75 Å². The summed E-state index contributed by atoms with van der Waals surface area (Å²) >= 11 is 1.77. The van der Waals surface area contributed by atoms with E-state index in [9.17, 15) is 0 Å². The molecule has 96 valence electrons. The summed E-state index contributed by atoms with van der Waals surface area (Å²) in [5.74, 6) is 0. The predicted molar refractivity (Wildman–Crippen MR) is 80.6 cm³/mol. The Morgan fingerprint density at radius 2 is 1.89 bits per heavy atom. The van der Waals surface area contributed by atoms with Gasteiger partial charge < -0.3 is 0 Å². The van der Waals surface area contributed by atoms with Gasteiger partial charge in [-0.25, -0.2) is 0 Å². The first-order valence-corrected chi connectivity index (χ1v) is 7.06. The van der Waals surface area contributed by atoms with E-state index in [0.717, 1.165) is 5.52 Å². The summed E-state index contributed by atoms with van der Waals surface area (Å²) in [5, 5.41) is 1.23. The van der Waals surface area contributed by atoms with Gasteiger partial charge in [-0.2, -0.15) is 0 Å². The van der Waals surface area contributed by atoms with Crippen LogP contribution in [0.4, 0.5) is 0 Å². The molecule has 0 radical (unpaired) electrons. The van der Waals surface area contributed by atoms with E-state index in [4.69, 9.17) is 0 Å². The fourth-order valence-electron chi connectivity index (χ4n) is 1.82. The Morgan fingerprint density at radius 1 is 1.17 bits per heavy atom. The molecule has 2 rings (SSSR count). The molecule has 1 aromatic heterocycles. The van der Waals surface area contributed by atoms with Crippen LogP contribution in [0, 0.1) is 0 Å². The number of pyridine rings is 1. The number of hydrogen-bond donors (Lipinski definition) is 1. The number of nitrogens with one attached hydrogen (secondary N) is 1. The fourth-order valence-corrected chi connectivity index (χ4v) is 2.48. The second-order valence-electron chi connectivity index (χ2n) is 5.47. The summed E-state index contributed by atoms with van der Waals surface area (Å²) in [4.78, 5) is 4.40. The first-order valence-electron chi connectivity index (χ1n) is 6.24. The standard InChI is InChI=1S/C15H20N2S/c1-11(17-18-15(2,3)4)12-9-10-16-14-8-6-5-7-13(12)14/h5-11,17H,1-4H3. The number of para-hydroxylation sites is 1. The molecular formula is C15H20N2S. The van der Waals surface area contributed by atoms with E-state index >= 15 is 0 Å². The maximum absolute atomic E-state index is 4.40. The lowest BCUT2D eigenvalue weighted by Gasteiger charge is -2.22. The van der Waals surface area contributed by atoms with Crippen LogP contribution in [0.25, 0.3) is 10.9 Å². The van der Waals surface area contributed by atoms with Gasteiger partial charge in [-0.15, -0.1) is 0 Å². The lowest BCUT2D eigenvalue weighted by Crippen LogP contribution is -2.20. The van der Waals surface area contributed by atoms with E-state index < -0.39 is 0 Å². The van der Waals surface area contributed by atoms with Gasteiger partial charge in [0.15, 0.2) is 0 Å². The molecule has 0 aliphatic carbocycles. The number of hydrogen-bond acceptors (Lipinski definition) is 3. The highest BCUT2D eigenvalue weighted by Gasteiger charge is 2.15. The van der Waals surface area contributed by atoms with Gasteiger partial charge in [0, 0.05) is 22.4 Å². The van der Waals surface area contributed by atoms with Gasteiger partial charge in [0.25, 0.3) is 0 Å². The van der Waals surface area contributed by atoms with Crippen molar-refractivity contribution in [2.45, 2.75) is 38.5 Å². The molecule has 2 nitrogen and oxygen atoms in total. The summed E-state index contributed by atoms with van der Waals surface area (Å²) < 4.78 is 3.74. The smallest absolute Gasteiger partial charge is 0.0705 e. The molecule has 1 atom stereocenters. The predicted octanol–water partition coefficient (Wildman–Crippen LogP) is 4.33. The molecule has 1 heterocycles. The number of nitrogens with zero attached hydrogens (tertiary/aromatic N) is 1. The maximum atomic E-state index is 4.40. The topological polar surface area (TPSA) is 24.9 Å². The third-order valence-electron chi connectivity index (χ3n) is 2.69. The summed E-state index contributed by atoms with van der Waals surface area (Å²) in [6.45, 7) is 8.83. The van der Waals surface area contributed by atoms with Crippen molar-refractivity contribution in [3.63, 3.8) is 0 Å². The Kier molecular flexibility index (Phi) is 3.93. The Morgan fingerprint density at radius 3 is 2.61 bits per heavy atom. The second-order valence-corrected chi connectivity index (χ2v) is 7.14. The monoisotopic (exact) mass is 260 g/mol. The van der Waals surface area contributed by atoms with E-state index in [1.54, 1.807) is 11.9 Å². The van der Waals surface area contributed by atoms with Gasteiger partial charge in [0.05, 0.1) is 5.52 Å². The molecule has 0 saturated heterocycles. The van der Waals surface area contributed by atoms with E-state index in [1.807, 2.05) is 12.3 Å². The van der Waals surface area contributed by atoms with Crippen molar-refractivity contribution in [2.75, 3.05) is 0 Å². The van der Waals surface area contributed by atoms with Crippen LogP contribution < -0.4 is 4.72 Å². The summed E-state index contributed by atoms with van der Waals surface area (Å²) in [5.41, 5.74) is 2.36. The van der Waals surface area contributed by atoms with Crippen LogP contribution in [-0.4, -0.2) is 9.73 Å². The molecule has 0 spiro atoms. The molecule has 1 aromatic carbocycles. The highest BCUT2D eigenvalue weighted by atomic mass is 32.2. The third-order valence-corrected chi connectivity index (χ3v) is 3.77. The van der Waals surface area contributed by atoms with Crippen LogP contribution in [0.5, 0.6) is 0 Å². The zero-order chi connectivity index (χ0) is 13.2. The van der Waals surface area contributed by atoms with Crippen molar-refractivity contribution in [1.29, 1.82) is 0 Å². The number of fused-ring (bicyclic) bond motifs is 1. The summed E-state index contributed by atoms with van der Waals surface area (Å²) in [6.07, 6.45) is 1.89. The molecule has 3 heteroatoms. The van der Waals surface area contributed by atoms with Crippen LogP contribution in [0.2, 0.25) is 0 Å². The molecule has 0 fully saturated rings. The van der Waals surface area contributed by atoms with Crippen molar-refractivity contribution in [2.24, 2.45) is 0 Å². The average Bonchev–Trinajstić information content (AvgIpc) is 2.34. The first kappa shape index (κ1) is 13.4. The van der Waals surface area contributed by atoms with E-state index in [1.165, 1.54) is 10.9 Å². The van der Waals surface area contributed by atoms with Crippen LogP contribution in [0.3, 0.4) is 0 Å². The average molecular weight is 260 g/mol. The molecule has 18 heavy (non-hydrogen) atoms. The van der Waals surface area contributed by atoms with Crippen LogP contribution in [0.1, 0.15) is 39.3 Å². The summed E-state index contributed by atoms with van der Waals surface area (Å²) in [6, 6.07) is 10.7. The molecule has 0 bridgehead atoms. The lowest BCUT2D eigenvalue weighted by atomic mass is 10.0. The molecule has 1 N–H and O–H groups in total. The number of benzene rings is 1. The zero-order valence-electron chi connectivity index (χ0n) is 11.4. The molecule has 0 amide bonds. The molecule has 2 aromatic rings. The minimum atomic E-state index is 0.219.